The Morgan fingerprint density at radius 1 is 1.41 bits per heavy atom. The first-order chi connectivity index (χ1) is 8.08. The van der Waals surface area contributed by atoms with Crippen LogP contribution in [0.5, 0.6) is 5.75 Å². The van der Waals surface area contributed by atoms with E-state index >= 15 is 0 Å². The van der Waals surface area contributed by atoms with Gasteiger partial charge in [-0.15, -0.1) is 0 Å². The number of likely N-dealkylation sites (N-methyl/N-ethyl adjacent to an activating group) is 1. The summed E-state index contributed by atoms with van der Waals surface area (Å²) in [5, 5.41) is 8.73. The topological polar surface area (TPSA) is 36.3 Å². The first kappa shape index (κ1) is 13.4. The smallest absolute Gasteiger partial charge is 0.179 e. The normalized spacial score (nSPS) is 10.1. The van der Waals surface area contributed by atoms with E-state index in [9.17, 15) is 0 Å². The predicted octanol–water partition coefficient (Wildman–Crippen LogP) is 2.77. The molecule has 0 radical (unpaired) electrons. The molecule has 17 heavy (non-hydrogen) atoms. The van der Waals surface area contributed by atoms with Crippen molar-refractivity contribution < 1.29 is 4.74 Å². The van der Waals surface area contributed by atoms with E-state index in [4.69, 9.17) is 10.00 Å². The van der Waals surface area contributed by atoms with E-state index in [-0.39, 0.29) is 0 Å². The van der Waals surface area contributed by atoms with Crippen LogP contribution in [0.25, 0.3) is 0 Å². The zero-order valence-corrected chi connectivity index (χ0v) is 11.0. The molecule has 3 nitrogen and oxygen atoms in total. The van der Waals surface area contributed by atoms with Gasteiger partial charge < -0.3 is 9.64 Å². The lowest BCUT2D eigenvalue weighted by atomic mass is 9.99. The largest absolute Gasteiger partial charge is 0.496 e. The third-order valence-corrected chi connectivity index (χ3v) is 2.86. The molecule has 0 bridgehead atoms. The van der Waals surface area contributed by atoms with Gasteiger partial charge in [0, 0.05) is 13.6 Å². The summed E-state index contributed by atoms with van der Waals surface area (Å²) in [6.07, 6.45) is 2.93. The number of hydrogen-bond donors (Lipinski definition) is 0. The standard InChI is InChI=1S/C14H20N2O/c1-11(2)12-5-6-14(17-4)13(9-12)7-8-16(3)10-15/h5-6,9,11H,7-8H2,1-4H3. The summed E-state index contributed by atoms with van der Waals surface area (Å²) in [5.41, 5.74) is 2.47. The Hall–Kier alpha value is -1.69. The highest BCUT2D eigenvalue weighted by Gasteiger charge is 2.07. The first-order valence-electron chi connectivity index (χ1n) is 5.86. The Morgan fingerprint density at radius 3 is 2.65 bits per heavy atom. The van der Waals surface area contributed by atoms with Crippen LogP contribution in [0.4, 0.5) is 0 Å². The molecule has 0 fully saturated rings. The third-order valence-electron chi connectivity index (χ3n) is 2.86. The van der Waals surface area contributed by atoms with Crippen LogP contribution >= 0.6 is 0 Å². The molecule has 1 aromatic carbocycles. The number of hydrogen-bond acceptors (Lipinski definition) is 3. The van der Waals surface area contributed by atoms with Gasteiger partial charge in [0.05, 0.1) is 7.11 Å². The van der Waals surface area contributed by atoms with Crippen molar-refractivity contribution in [3.63, 3.8) is 0 Å². The van der Waals surface area contributed by atoms with Crippen LogP contribution in [0, 0.1) is 11.5 Å². The van der Waals surface area contributed by atoms with Gasteiger partial charge in [0.2, 0.25) is 0 Å². The van der Waals surface area contributed by atoms with Gasteiger partial charge in [-0.3, -0.25) is 0 Å². The fraction of sp³-hybridized carbons (Fsp3) is 0.500. The number of rotatable bonds is 5. The van der Waals surface area contributed by atoms with Crippen molar-refractivity contribution in [2.45, 2.75) is 26.2 Å². The average Bonchev–Trinajstić information content (AvgIpc) is 2.35. The van der Waals surface area contributed by atoms with Gasteiger partial charge in [0.1, 0.15) is 5.75 Å². The van der Waals surface area contributed by atoms with Crippen LogP contribution in [0.3, 0.4) is 0 Å². The van der Waals surface area contributed by atoms with E-state index in [2.05, 4.69) is 32.2 Å². The molecule has 3 heteroatoms. The van der Waals surface area contributed by atoms with Crippen molar-refractivity contribution in [2.75, 3.05) is 20.7 Å². The van der Waals surface area contributed by atoms with Crippen molar-refractivity contribution in [3.05, 3.63) is 29.3 Å². The van der Waals surface area contributed by atoms with Gasteiger partial charge in [-0.2, -0.15) is 5.26 Å². The number of methoxy groups -OCH3 is 1. The van der Waals surface area contributed by atoms with Crippen LogP contribution in [0.1, 0.15) is 30.9 Å². The minimum Gasteiger partial charge on any atom is -0.496 e. The minimum absolute atomic E-state index is 0.508. The van der Waals surface area contributed by atoms with Gasteiger partial charge in [-0.05, 0) is 29.5 Å². The Labute approximate surface area is 104 Å². The van der Waals surface area contributed by atoms with Gasteiger partial charge >= 0.3 is 0 Å². The molecule has 0 aliphatic carbocycles. The average molecular weight is 232 g/mol. The summed E-state index contributed by atoms with van der Waals surface area (Å²) in [4.78, 5) is 1.63. The second-order valence-electron chi connectivity index (χ2n) is 4.50. The van der Waals surface area contributed by atoms with Crippen LogP contribution in [0.15, 0.2) is 18.2 Å². The first-order valence-corrected chi connectivity index (χ1v) is 5.86. The van der Waals surface area contributed by atoms with E-state index in [1.54, 1.807) is 19.1 Å². The van der Waals surface area contributed by atoms with E-state index in [0.717, 1.165) is 12.2 Å². The third kappa shape index (κ3) is 3.67. The van der Waals surface area contributed by atoms with Crippen molar-refractivity contribution in [2.24, 2.45) is 0 Å². The van der Waals surface area contributed by atoms with Crippen LogP contribution in [-0.4, -0.2) is 25.6 Å². The lowest BCUT2D eigenvalue weighted by Gasteiger charge is -2.14. The van der Waals surface area contributed by atoms with Crippen LogP contribution in [0.2, 0.25) is 0 Å². The van der Waals surface area contributed by atoms with Crippen molar-refractivity contribution >= 4 is 0 Å². The predicted molar refractivity (Wildman–Crippen MR) is 69.0 cm³/mol. The zero-order valence-electron chi connectivity index (χ0n) is 11.0. The molecule has 0 saturated heterocycles. The van der Waals surface area contributed by atoms with Crippen molar-refractivity contribution in [3.8, 4) is 11.9 Å². The van der Waals surface area contributed by atoms with E-state index in [1.165, 1.54) is 11.1 Å². The summed E-state index contributed by atoms with van der Waals surface area (Å²) >= 11 is 0. The van der Waals surface area contributed by atoms with Gasteiger partial charge in [-0.1, -0.05) is 26.0 Å². The highest BCUT2D eigenvalue weighted by molar-refractivity contribution is 5.38. The van der Waals surface area contributed by atoms with Gasteiger partial charge in [-0.25, -0.2) is 0 Å². The maximum Gasteiger partial charge on any atom is 0.179 e. The van der Waals surface area contributed by atoms with Crippen LogP contribution < -0.4 is 4.74 Å². The molecule has 1 rings (SSSR count). The lowest BCUT2D eigenvalue weighted by Crippen LogP contribution is -2.15. The highest BCUT2D eigenvalue weighted by Crippen LogP contribution is 2.24. The lowest BCUT2D eigenvalue weighted by molar-refractivity contribution is 0.404. The second kappa shape index (κ2) is 6.15. The maximum atomic E-state index is 8.73. The molecular formula is C14H20N2O. The molecule has 0 saturated carbocycles. The summed E-state index contributed by atoms with van der Waals surface area (Å²) in [7, 11) is 3.47. The number of nitrogens with zero attached hydrogens (tertiary/aromatic N) is 2. The summed E-state index contributed by atoms with van der Waals surface area (Å²) in [5.74, 6) is 1.41. The molecule has 0 atom stereocenters. The Morgan fingerprint density at radius 2 is 2.12 bits per heavy atom. The summed E-state index contributed by atoms with van der Waals surface area (Å²) in [6.45, 7) is 5.06. The summed E-state index contributed by atoms with van der Waals surface area (Å²) in [6, 6.07) is 6.28. The fourth-order valence-electron chi connectivity index (χ4n) is 1.69. The molecule has 0 amide bonds. The monoisotopic (exact) mass is 232 g/mol. The Kier molecular flexibility index (Phi) is 4.84. The van der Waals surface area contributed by atoms with Crippen molar-refractivity contribution in [1.82, 2.24) is 4.90 Å². The van der Waals surface area contributed by atoms with Crippen molar-refractivity contribution in [1.29, 1.82) is 5.26 Å². The number of benzene rings is 1. The molecule has 0 unspecified atom stereocenters. The van der Waals surface area contributed by atoms with E-state index in [0.29, 0.717) is 12.5 Å². The zero-order chi connectivity index (χ0) is 12.8. The molecule has 0 heterocycles. The van der Waals surface area contributed by atoms with E-state index < -0.39 is 0 Å². The SMILES string of the molecule is COc1ccc(C(C)C)cc1CCN(C)C#N. The second-order valence-corrected chi connectivity index (χ2v) is 4.50. The molecule has 0 N–H and O–H groups in total. The fourth-order valence-corrected chi connectivity index (χ4v) is 1.69. The molecule has 0 aromatic heterocycles. The molecule has 1 aromatic rings. The molecular weight excluding hydrogens is 212 g/mol. The van der Waals surface area contributed by atoms with Gasteiger partial charge in [0.25, 0.3) is 0 Å². The number of ether oxygens (including phenoxy) is 1. The highest BCUT2D eigenvalue weighted by atomic mass is 16.5. The van der Waals surface area contributed by atoms with Gasteiger partial charge in [0.15, 0.2) is 6.19 Å². The minimum atomic E-state index is 0.508. The Balaban J connectivity index is 2.87. The quantitative estimate of drug-likeness (QED) is 0.578. The summed E-state index contributed by atoms with van der Waals surface area (Å²) < 4.78 is 5.34. The number of nitriles is 1. The molecule has 0 spiro atoms. The molecule has 0 aliphatic rings. The van der Waals surface area contributed by atoms with Crippen LogP contribution in [-0.2, 0) is 6.42 Å². The maximum absolute atomic E-state index is 8.73. The molecule has 92 valence electrons. The van der Waals surface area contributed by atoms with E-state index in [1.807, 2.05) is 6.07 Å². The Bertz CT molecular complexity index is 407. The molecule has 0 aliphatic heterocycles.